The van der Waals surface area contributed by atoms with Gasteiger partial charge in [-0.3, -0.25) is 0 Å². The highest BCUT2D eigenvalue weighted by Gasteiger charge is 2.73. The van der Waals surface area contributed by atoms with Gasteiger partial charge in [0.25, 0.3) is 0 Å². The average Bonchev–Trinajstić information content (AvgIpc) is 3.16. The number of benzene rings is 1. The summed E-state index contributed by atoms with van der Waals surface area (Å²) in [5.74, 6) is -0.557. The van der Waals surface area contributed by atoms with Crippen LogP contribution in [0.4, 0.5) is 35.5 Å². The summed E-state index contributed by atoms with van der Waals surface area (Å²) in [4.78, 5) is 18.5. The minimum absolute atomic E-state index is 0.0812. The summed E-state index contributed by atoms with van der Waals surface area (Å²) in [6.45, 7) is 2.38. The Morgan fingerprint density at radius 2 is 1.59 bits per heavy atom. The summed E-state index contributed by atoms with van der Waals surface area (Å²) < 4.78 is 98.7. The number of hydrogen-bond acceptors (Lipinski definition) is 5. The van der Waals surface area contributed by atoms with Crippen LogP contribution in [0.3, 0.4) is 0 Å². The highest BCUT2D eigenvalue weighted by Crippen LogP contribution is 2.53. The van der Waals surface area contributed by atoms with E-state index in [1.165, 1.54) is 26.2 Å². The number of rotatable bonds is 4. The molecule has 0 fully saturated rings. The molecular formula is C19H12ClF7N4O3. The van der Waals surface area contributed by atoms with E-state index in [0.29, 0.717) is 12.1 Å². The van der Waals surface area contributed by atoms with Gasteiger partial charge in [0.2, 0.25) is 5.88 Å². The first-order chi connectivity index (χ1) is 15.6. The molecule has 2 heterocycles. The van der Waals surface area contributed by atoms with Gasteiger partial charge in [-0.1, -0.05) is 23.7 Å². The lowest BCUT2D eigenvalue weighted by Crippen LogP contribution is -2.50. The summed E-state index contributed by atoms with van der Waals surface area (Å²) in [5.41, 5.74) is -7.19. The van der Waals surface area contributed by atoms with Gasteiger partial charge >= 0.3 is 24.2 Å². The zero-order chi connectivity index (χ0) is 25.6. The Bertz CT molecular complexity index is 1220. The molecular weight excluding hydrogens is 501 g/mol. The normalized spacial score (nSPS) is 12.6. The minimum Gasteiger partial charge on any atom is -0.449 e. The number of aromatic nitrogens is 4. The molecule has 3 aromatic rings. The molecule has 0 amide bonds. The minimum atomic E-state index is -6.24. The monoisotopic (exact) mass is 512 g/mol. The fourth-order valence-electron chi connectivity index (χ4n) is 3.21. The summed E-state index contributed by atoms with van der Waals surface area (Å²) in [5, 5.41) is 12.5. The predicted octanol–water partition coefficient (Wildman–Crippen LogP) is 5.95. The first kappa shape index (κ1) is 25.2. The summed E-state index contributed by atoms with van der Waals surface area (Å²) >= 11 is 5.76. The number of halogens is 8. The summed E-state index contributed by atoms with van der Waals surface area (Å²) in [6, 6.07) is 0.893. The van der Waals surface area contributed by atoms with Crippen LogP contribution in [0.15, 0.2) is 30.7 Å². The number of hydrogen-bond donors (Lipinski definition) is 1. The van der Waals surface area contributed by atoms with Crippen LogP contribution in [0, 0.1) is 13.8 Å². The number of alkyl halides is 7. The van der Waals surface area contributed by atoms with Gasteiger partial charge in [0.15, 0.2) is 5.82 Å². The highest BCUT2D eigenvalue weighted by molar-refractivity contribution is 6.31. The molecule has 1 N–H and O–H groups in total. The maximum Gasteiger partial charge on any atom is 0.512 e. The Balaban J connectivity index is 2.07. The second kappa shape index (κ2) is 8.42. The van der Waals surface area contributed by atoms with Gasteiger partial charge in [0.05, 0.1) is 23.6 Å². The van der Waals surface area contributed by atoms with E-state index in [4.69, 9.17) is 16.7 Å². The standard InChI is InChI=1S/C19H12ClF7N4O3/c1-8-3-11(17(21,18(22,23)24)19(25,26)27)4-9(2)13(8)31-7-10(5-29-31)14-28-6-12(20)15(30-14)34-16(32)33/h3-7H,1-2H3,(H,32,33). The second-order valence-electron chi connectivity index (χ2n) is 7.00. The predicted molar refractivity (Wildman–Crippen MR) is 103 cm³/mol. The van der Waals surface area contributed by atoms with Gasteiger partial charge in [0.1, 0.15) is 5.02 Å². The molecule has 0 bridgehead atoms. The van der Waals surface area contributed by atoms with Crippen molar-refractivity contribution in [1.29, 1.82) is 0 Å². The third-order valence-corrected chi connectivity index (χ3v) is 4.90. The first-order valence-electron chi connectivity index (χ1n) is 8.99. The van der Waals surface area contributed by atoms with Crippen LogP contribution in [-0.2, 0) is 5.67 Å². The quantitative estimate of drug-likeness (QED) is 0.343. The van der Waals surface area contributed by atoms with Crippen LogP contribution in [-0.4, -0.2) is 43.4 Å². The largest absolute Gasteiger partial charge is 0.512 e. The Labute approximate surface area is 190 Å². The van der Waals surface area contributed by atoms with Gasteiger partial charge in [-0.15, -0.1) is 0 Å². The molecule has 1 aromatic carbocycles. The van der Waals surface area contributed by atoms with Crippen molar-refractivity contribution in [2.75, 3.05) is 0 Å². The Morgan fingerprint density at radius 1 is 1.03 bits per heavy atom. The smallest absolute Gasteiger partial charge is 0.449 e. The summed E-state index contributed by atoms with van der Waals surface area (Å²) in [6.07, 6.45) is -10.6. The molecule has 3 rings (SSSR count). The van der Waals surface area contributed by atoms with Crippen molar-refractivity contribution in [3.05, 3.63) is 52.4 Å². The van der Waals surface area contributed by atoms with Gasteiger partial charge in [-0.25, -0.2) is 18.9 Å². The third kappa shape index (κ3) is 4.36. The van der Waals surface area contributed by atoms with Gasteiger partial charge in [-0.05, 0) is 25.0 Å². The van der Waals surface area contributed by atoms with Crippen LogP contribution >= 0.6 is 11.6 Å². The number of nitrogens with zero attached hydrogens (tertiary/aromatic N) is 4. The fourth-order valence-corrected chi connectivity index (χ4v) is 3.34. The van der Waals surface area contributed by atoms with E-state index in [2.05, 4.69) is 19.8 Å². The van der Waals surface area contributed by atoms with Gasteiger partial charge in [-0.2, -0.15) is 36.4 Å². The molecule has 0 spiro atoms. The molecule has 0 aliphatic carbocycles. The molecule has 0 unspecified atom stereocenters. The number of ether oxygens (including phenoxy) is 1. The zero-order valence-electron chi connectivity index (χ0n) is 17.0. The SMILES string of the molecule is Cc1cc(C(F)(C(F)(F)F)C(F)(F)F)cc(C)c1-n1cc(-c2ncc(Cl)c(OC(=O)O)n2)cn1. The third-order valence-electron chi connectivity index (χ3n) is 4.64. The van der Waals surface area contributed by atoms with Crippen molar-refractivity contribution < 1.29 is 45.4 Å². The van der Waals surface area contributed by atoms with Crippen molar-refractivity contribution >= 4 is 17.8 Å². The van der Waals surface area contributed by atoms with E-state index in [9.17, 15) is 35.5 Å². The lowest BCUT2D eigenvalue weighted by molar-refractivity contribution is -0.348. The van der Waals surface area contributed by atoms with E-state index in [0.717, 1.165) is 10.9 Å². The molecule has 0 aliphatic heterocycles. The summed E-state index contributed by atoms with van der Waals surface area (Å²) in [7, 11) is 0. The van der Waals surface area contributed by atoms with Crippen LogP contribution in [0.25, 0.3) is 17.1 Å². The maximum atomic E-state index is 14.5. The van der Waals surface area contributed by atoms with Gasteiger partial charge < -0.3 is 9.84 Å². The molecule has 0 saturated carbocycles. The van der Waals surface area contributed by atoms with Crippen molar-refractivity contribution in [2.24, 2.45) is 0 Å². The molecule has 0 aliphatic rings. The molecule has 7 nitrogen and oxygen atoms in total. The topological polar surface area (TPSA) is 90.1 Å². The molecule has 182 valence electrons. The van der Waals surface area contributed by atoms with Crippen LogP contribution in [0.1, 0.15) is 16.7 Å². The zero-order valence-corrected chi connectivity index (χ0v) is 17.7. The second-order valence-corrected chi connectivity index (χ2v) is 7.41. The lowest BCUT2D eigenvalue weighted by Gasteiger charge is -2.31. The highest BCUT2D eigenvalue weighted by atomic mass is 35.5. The van der Waals surface area contributed by atoms with Crippen molar-refractivity contribution in [3.63, 3.8) is 0 Å². The molecule has 2 aromatic heterocycles. The first-order valence-corrected chi connectivity index (χ1v) is 9.37. The van der Waals surface area contributed by atoms with E-state index in [1.54, 1.807) is 0 Å². The molecule has 0 atom stereocenters. The molecule has 34 heavy (non-hydrogen) atoms. The van der Waals surface area contributed by atoms with Crippen LogP contribution < -0.4 is 4.74 Å². The van der Waals surface area contributed by atoms with Crippen molar-refractivity contribution in [1.82, 2.24) is 19.7 Å². The maximum absolute atomic E-state index is 14.5. The van der Waals surface area contributed by atoms with Gasteiger partial charge in [0, 0.05) is 11.8 Å². The fraction of sp³-hybridized carbons (Fsp3) is 0.263. The van der Waals surface area contributed by atoms with Crippen molar-refractivity contribution in [3.8, 4) is 23.0 Å². The Hall–Kier alpha value is -3.42. The Morgan fingerprint density at radius 3 is 2.09 bits per heavy atom. The number of carboxylic acid groups (broad SMARTS) is 1. The van der Waals surface area contributed by atoms with Crippen molar-refractivity contribution in [2.45, 2.75) is 31.9 Å². The molecule has 15 heteroatoms. The van der Waals surface area contributed by atoms with Crippen LogP contribution in [0.2, 0.25) is 5.02 Å². The van der Waals surface area contributed by atoms with Crippen LogP contribution in [0.5, 0.6) is 5.88 Å². The van der Waals surface area contributed by atoms with E-state index in [-0.39, 0.29) is 33.2 Å². The Kier molecular flexibility index (Phi) is 6.24. The molecule has 0 radical (unpaired) electrons. The van der Waals surface area contributed by atoms with E-state index < -0.39 is 35.6 Å². The number of carbonyl (C=O) groups is 1. The molecule has 0 saturated heterocycles. The average molecular weight is 513 g/mol. The number of aryl methyl sites for hydroxylation is 2. The lowest BCUT2D eigenvalue weighted by atomic mass is 9.90. The van der Waals surface area contributed by atoms with E-state index in [1.807, 2.05) is 0 Å². The van der Waals surface area contributed by atoms with E-state index >= 15 is 0 Å².